The van der Waals surface area contributed by atoms with Crippen molar-refractivity contribution < 1.29 is 23.9 Å². The van der Waals surface area contributed by atoms with Crippen LogP contribution in [0.4, 0.5) is 0 Å². The molecule has 0 aliphatic carbocycles. The minimum Gasteiger partial charge on any atom is -0.482 e. The Hall–Kier alpha value is -2.10. The first-order chi connectivity index (χ1) is 12.8. The molecular weight excluding hydrogens is 417 g/mol. The van der Waals surface area contributed by atoms with E-state index in [1.807, 2.05) is 6.92 Å². The third-order valence-corrected chi connectivity index (χ3v) is 3.58. The van der Waals surface area contributed by atoms with E-state index in [1.165, 1.54) is 12.1 Å². The number of carbonyl (C=O) groups is 3. The van der Waals surface area contributed by atoms with Gasteiger partial charge in [-0.15, -0.1) is 0 Å². The lowest BCUT2D eigenvalue weighted by Gasteiger charge is -2.12. The van der Waals surface area contributed by atoms with Crippen LogP contribution in [0.3, 0.4) is 0 Å². The fourth-order valence-electron chi connectivity index (χ4n) is 1.62. The van der Waals surface area contributed by atoms with Gasteiger partial charge in [-0.1, -0.05) is 30.1 Å². The first-order valence-electron chi connectivity index (χ1n) is 7.94. The standard InChI is InChI=1S/C16H19Cl2N3O5S/c1-2-7-25-15(24)6-5-13(22)19-16(27)21-20-14(23)9-26-12-4-3-10(17)8-11(12)18/h3-4,8H,2,5-7,9H2,1H3,(H,20,23)(H2,19,21,22,27). The highest BCUT2D eigenvalue weighted by molar-refractivity contribution is 7.80. The first-order valence-corrected chi connectivity index (χ1v) is 9.10. The lowest BCUT2D eigenvalue weighted by Crippen LogP contribution is -2.49. The minimum atomic E-state index is -0.555. The number of rotatable bonds is 8. The maximum Gasteiger partial charge on any atom is 0.306 e. The maximum atomic E-state index is 11.7. The topological polar surface area (TPSA) is 106 Å². The molecule has 0 aromatic heterocycles. The molecule has 0 saturated heterocycles. The van der Waals surface area contributed by atoms with Crippen molar-refractivity contribution in [3.05, 3.63) is 28.2 Å². The number of hydrazine groups is 1. The molecule has 2 amide bonds. The van der Waals surface area contributed by atoms with Crippen molar-refractivity contribution in [2.24, 2.45) is 0 Å². The van der Waals surface area contributed by atoms with Gasteiger partial charge in [0.25, 0.3) is 5.91 Å². The largest absolute Gasteiger partial charge is 0.482 e. The summed E-state index contributed by atoms with van der Waals surface area (Å²) in [6.45, 7) is 1.84. The molecule has 1 aromatic rings. The summed E-state index contributed by atoms with van der Waals surface area (Å²) in [4.78, 5) is 34.6. The summed E-state index contributed by atoms with van der Waals surface area (Å²) in [5, 5.41) is 2.90. The molecule has 1 aromatic carbocycles. The van der Waals surface area contributed by atoms with Crippen molar-refractivity contribution in [1.29, 1.82) is 0 Å². The van der Waals surface area contributed by atoms with Gasteiger partial charge in [-0.2, -0.15) is 0 Å². The van der Waals surface area contributed by atoms with Crippen LogP contribution in [0, 0.1) is 0 Å². The quantitative estimate of drug-likeness (QED) is 0.326. The van der Waals surface area contributed by atoms with Gasteiger partial charge in [-0.3, -0.25) is 25.2 Å². The van der Waals surface area contributed by atoms with E-state index in [1.54, 1.807) is 6.07 Å². The lowest BCUT2D eigenvalue weighted by atomic mass is 10.3. The number of thiocarbonyl (C=S) groups is 1. The maximum absolute atomic E-state index is 11.7. The summed E-state index contributed by atoms with van der Waals surface area (Å²) in [6, 6.07) is 4.58. The van der Waals surface area contributed by atoms with Crippen LogP contribution < -0.4 is 20.9 Å². The predicted octanol–water partition coefficient (Wildman–Crippen LogP) is 2.13. The highest BCUT2D eigenvalue weighted by Gasteiger charge is 2.10. The summed E-state index contributed by atoms with van der Waals surface area (Å²) in [5.41, 5.74) is 4.60. The Balaban J connectivity index is 2.23. The van der Waals surface area contributed by atoms with E-state index in [0.717, 1.165) is 0 Å². The number of ether oxygens (including phenoxy) is 2. The Kier molecular flexibility index (Phi) is 10.5. The molecule has 3 N–H and O–H groups in total. The van der Waals surface area contributed by atoms with Gasteiger partial charge < -0.3 is 14.8 Å². The molecule has 0 aliphatic rings. The Morgan fingerprint density at radius 1 is 1.11 bits per heavy atom. The molecule has 0 bridgehead atoms. The third-order valence-electron chi connectivity index (χ3n) is 2.84. The zero-order valence-electron chi connectivity index (χ0n) is 14.5. The van der Waals surface area contributed by atoms with E-state index in [2.05, 4.69) is 16.2 Å². The number of nitrogens with one attached hydrogen (secondary N) is 3. The normalized spacial score (nSPS) is 9.89. The molecule has 27 heavy (non-hydrogen) atoms. The number of hydrogen-bond donors (Lipinski definition) is 3. The van der Waals surface area contributed by atoms with Crippen LogP contribution in [-0.4, -0.2) is 36.1 Å². The van der Waals surface area contributed by atoms with Crippen LogP contribution in [0.5, 0.6) is 5.75 Å². The zero-order chi connectivity index (χ0) is 20.2. The lowest BCUT2D eigenvalue weighted by molar-refractivity contribution is -0.144. The van der Waals surface area contributed by atoms with Crippen LogP contribution in [0.1, 0.15) is 26.2 Å². The summed E-state index contributed by atoms with van der Waals surface area (Å²) < 4.78 is 10.1. The second-order valence-corrected chi connectivity index (χ2v) is 6.39. The Morgan fingerprint density at radius 2 is 1.85 bits per heavy atom. The molecule has 0 aliphatic heterocycles. The van der Waals surface area contributed by atoms with Crippen molar-refractivity contribution in [3.63, 3.8) is 0 Å². The average molecular weight is 436 g/mol. The third kappa shape index (κ3) is 9.97. The van der Waals surface area contributed by atoms with Crippen LogP contribution in [0.25, 0.3) is 0 Å². The summed E-state index contributed by atoms with van der Waals surface area (Å²) in [6.07, 6.45) is 0.562. The summed E-state index contributed by atoms with van der Waals surface area (Å²) >= 11 is 16.5. The molecule has 0 saturated carbocycles. The molecule has 0 heterocycles. The smallest absolute Gasteiger partial charge is 0.306 e. The Morgan fingerprint density at radius 3 is 2.52 bits per heavy atom. The van der Waals surface area contributed by atoms with Crippen LogP contribution in [-0.2, 0) is 19.1 Å². The number of amides is 2. The van der Waals surface area contributed by atoms with Gasteiger partial charge in [-0.05, 0) is 36.8 Å². The second-order valence-electron chi connectivity index (χ2n) is 5.13. The fraction of sp³-hybridized carbons (Fsp3) is 0.375. The van der Waals surface area contributed by atoms with Crippen molar-refractivity contribution >= 4 is 58.3 Å². The van der Waals surface area contributed by atoms with Crippen LogP contribution in [0.15, 0.2) is 18.2 Å². The Bertz CT molecular complexity index is 703. The number of benzene rings is 1. The number of carbonyl (C=O) groups excluding carboxylic acids is 3. The van der Waals surface area contributed by atoms with Crippen molar-refractivity contribution in [1.82, 2.24) is 16.2 Å². The van der Waals surface area contributed by atoms with E-state index in [9.17, 15) is 14.4 Å². The summed E-state index contributed by atoms with van der Waals surface area (Å²) in [5.74, 6) is -1.21. The van der Waals surface area contributed by atoms with E-state index >= 15 is 0 Å². The molecule has 148 valence electrons. The van der Waals surface area contributed by atoms with Gasteiger partial charge in [0.1, 0.15) is 5.75 Å². The van der Waals surface area contributed by atoms with E-state index in [-0.39, 0.29) is 29.6 Å². The molecule has 0 radical (unpaired) electrons. The molecular formula is C16H19Cl2N3O5S. The number of hydrogen-bond acceptors (Lipinski definition) is 6. The number of halogens is 2. The molecule has 0 unspecified atom stereocenters. The van der Waals surface area contributed by atoms with Gasteiger partial charge in [0.05, 0.1) is 18.1 Å². The van der Waals surface area contributed by atoms with E-state index < -0.39 is 17.8 Å². The van der Waals surface area contributed by atoms with Crippen molar-refractivity contribution in [3.8, 4) is 5.75 Å². The fourth-order valence-corrected chi connectivity index (χ4v) is 2.25. The first kappa shape index (κ1) is 22.9. The van der Waals surface area contributed by atoms with E-state index in [4.69, 9.17) is 44.9 Å². The monoisotopic (exact) mass is 435 g/mol. The number of esters is 1. The average Bonchev–Trinajstić information content (AvgIpc) is 2.62. The summed E-state index contributed by atoms with van der Waals surface area (Å²) in [7, 11) is 0. The van der Waals surface area contributed by atoms with Crippen molar-refractivity contribution in [2.75, 3.05) is 13.2 Å². The SMILES string of the molecule is CCCOC(=O)CCC(=O)NC(=S)NNC(=O)COc1ccc(Cl)cc1Cl. The van der Waals surface area contributed by atoms with E-state index in [0.29, 0.717) is 23.8 Å². The Labute approximate surface area is 171 Å². The van der Waals surface area contributed by atoms with Gasteiger partial charge >= 0.3 is 5.97 Å². The van der Waals surface area contributed by atoms with Crippen LogP contribution in [0.2, 0.25) is 10.0 Å². The molecule has 0 spiro atoms. The van der Waals surface area contributed by atoms with Gasteiger partial charge in [-0.25, -0.2) is 0 Å². The molecule has 0 atom stereocenters. The zero-order valence-corrected chi connectivity index (χ0v) is 16.8. The van der Waals surface area contributed by atoms with Crippen molar-refractivity contribution in [2.45, 2.75) is 26.2 Å². The van der Waals surface area contributed by atoms with Gasteiger partial charge in [0, 0.05) is 11.4 Å². The minimum absolute atomic E-state index is 0.0590. The van der Waals surface area contributed by atoms with Gasteiger partial charge in [0.15, 0.2) is 11.7 Å². The van der Waals surface area contributed by atoms with Crippen LogP contribution >= 0.6 is 35.4 Å². The second kappa shape index (κ2) is 12.3. The highest BCUT2D eigenvalue weighted by Crippen LogP contribution is 2.27. The molecule has 0 fully saturated rings. The van der Waals surface area contributed by atoms with Gasteiger partial charge in [0.2, 0.25) is 5.91 Å². The molecule has 8 nitrogen and oxygen atoms in total. The molecule has 11 heteroatoms. The highest BCUT2D eigenvalue weighted by atomic mass is 35.5. The molecule has 1 rings (SSSR count). The predicted molar refractivity (Wildman–Crippen MR) is 104 cm³/mol.